The minimum Gasteiger partial charge on any atom is -0.300 e. The molecular formula is C8H14Cl2O. The molecular weight excluding hydrogens is 183 g/mol. The highest BCUT2D eigenvalue weighted by atomic mass is 35.5. The Hall–Kier alpha value is 0.250. The lowest BCUT2D eigenvalue weighted by atomic mass is 10.1. The highest BCUT2D eigenvalue weighted by Crippen LogP contribution is 2.25. The molecule has 0 N–H and O–H groups in total. The summed E-state index contributed by atoms with van der Waals surface area (Å²) in [6, 6.07) is 0. The first-order valence-electron chi connectivity index (χ1n) is 3.96. The van der Waals surface area contributed by atoms with E-state index in [4.69, 9.17) is 23.2 Å². The maximum atomic E-state index is 10.2. The molecule has 0 fully saturated rings. The summed E-state index contributed by atoms with van der Waals surface area (Å²) in [5, 5.41) is 0. The molecule has 0 aliphatic heterocycles. The van der Waals surface area contributed by atoms with Gasteiger partial charge >= 0.3 is 0 Å². The molecule has 0 saturated carbocycles. The van der Waals surface area contributed by atoms with Crippen molar-refractivity contribution in [1.82, 2.24) is 0 Å². The van der Waals surface area contributed by atoms with Gasteiger partial charge in [-0.05, 0) is 6.42 Å². The second-order valence-corrected chi connectivity index (χ2v) is 4.23. The van der Waals surface area contributed by atoms with E-state index in [1.807, 2.05) is 0 Å². The zero-order valence-electron chi connectivity index (χ0n) is 6.78. The number of hydrogen-bond donors (Lipinski definition) is 0. The Balaban J connectivity index is 3.30. The standard InChI is InChI=1S/C8H14Cl2O/c1-2-3-4-5-6-8(9,10)7-11/h7H,2-6H2,1H3. The molecule has 66 valence electrons. The molecule has 0 amide bonds. The zero-order chi connectivity index (χ0) is 8.74. The predicted molar refractivity (Wildman–Crippen MR) is 49.3 cm³/mol. The van der Waals surface area contributed by atoms with Crippen LogP contribution in [-0.2, 0) is 4.79 Å². The van der Waals surface area contributed by atoms with Crippen LogP contribution in [0.25, 0.3) is 0 Å². The first-order valence-corrected chi connectivity index (χ1v) is 4.72. The molecule has 1 nitrogen and oxygen atoms in total. The van der Waals surface area contributed by atoms with E-state index >= 15 is 0 Å². The number of unbranched alkanes of at least 4 members (excludes halogenated alkanes) is 3. The number of aldehydes is 1. The van der Waals surface area contributed by atoms with E-state index in [9.17, 15) is 4.79 Å². The molecule has 0 unspecified atom stereocenters. The fourth-order valence-electron chi connectivity index (χ4n) is 0.846. The van der Waals surface area contributed by atoms with Crippen LogP contribution in [0.4, 0.5) is 0 Å². The Bertz CT molecular complexity index is 113. The Labute approximate surface area is 78.1 Å². The highest BCUT2D eigenvalue weighted by Gasteiger charge is 2.21. The fourth-order valence-corrected chi connectivity index (χ4v) is 1.11. The van der Waals surface area contributed by atoms with Crippen molar-refractivity contribution in [2.24, 2.45) is 0 Å². The third-order valence-electron chi connectivity index (χ3n) is 1.54. The number of rotatable bonds is 6. The molecule has 0 heterocycles. The fraction of sp³-hybridized carbons (Fsp3) is 0.875. The Morgan fingerprint density at radius 3 is 2.36 bits per heavy atom. The van der Waals surface area contributed by atoms with Gasteiger partial charge in [-0.2, -0.15) is 0 Å². The van der Waals surface area contributed by atoms with Gasteiger partial charge in [-0.15, -0.1) is 0 Å². The molecule has 0 spiro atoms. The van der Waals surface area contributed by atoms with Gasteiger partial charge in [0.2, 0.25) is 0 Å². The van der Waals surface area contributed by atoms with E-state index < -0.39 is 4.33 Å². The molecule has 3 heteroatoms. The minimum atomic E-state index is -1.15. The van der Waals surface area contributed by atoms with Crippen molar-refractivity contribution in [2.45, 2.75) is 43.4 Å². The lowest BCUT2D eigenvalue weighted by Gasteiger charge is -2.09. The molecule has 0 radical (unpaired) electrons. The maximum Gasteiger partial charge on any atom is 0.172 e. The van der Waals surface area contributed by atoms with E-state index in [2.05, 4.69) is 6.92 Å². The first kappa shape index (κ1) is 11.2. The number of hydrogen-bond acceptors (Lipinski definition) is 1. The summed E-state index contributed by atoms with van der Waals surface area (Å²) in [4.78, 5) is 10.2. The van der Waals surface area contributed by atoms with Gasteiger partial charge in [0.25, 0.3) is 0 Å². The van der Waals surface area contributed by atoms with Crippen LogP contribution in [-0.4, -0.2) is 10.6 Å². The third-order valence-corrected chi connectivity index (χ3v) is 2.09. The van der Waals surface area contributed by atoms with Gasteiger partial charge in [0.15, 0.2) is 10.6 Å². The van der Waals surface area contributed by atoms with Crippen molar-refractivity contribution in [3.05, 3.63) is 0 Å². The quantitative estimate of drug-likeness (QED) is 0.362. The summed E-state index contributed by atoms with van der Waals surface area (Å²) in [5.41, 5.74) is 0. The van der Waals surface area contributed by atoms with Gasteiger partial charge in [-0.3, -0.25) is 0 Å². The van der Waals surface area contributed by atoms with Crippen molar-refractivity contribution in [1.29, 1.82) is 0 Å². The molecule has 0 aliphatic rings. The van der Waals surface area contributed by atoms with Crippen molar-refractivity contribution in [2.75, 3.05) is 0 Å². The predicted octanol–water partition coefficient (Wildman–Crippen LogP) is 3.33. The molecule has 0 rings (SSSR count). The molecule has 11 heavy (non-hydrogen) atoms. The van der Waals surface area contributed by atoms with Crippen LogP contribution in [0.3, 0.4) is 0 Å². The summed E-state index contributed by atoms with van der Waals surface area (Å²) in [6.07, 6.45) is 5.56. The van der Waals surface area contributed by atoms with Gasteiger partial charge < -0.3 is 4.79 Å². The van der Waals surface area contributed by atoms with E-state index in [1.165, 1.54) is 12.8 Å². The van der Waals surface area contributed by atoms with Crippen molar-refractivity contribution >= 4 is 29.5 Å². The van der Waals surface area contributed by atoms with E-state index in [0.717, 1.165) is 12.8 Å². The topological polar surface area (TPSA) is 17.1 Å². The largest absolute Gasteiger partial charge is 0.300 e. The summed E-state index contributed by atoms with van der Waals surface area (Å²) in [5.74, 6) is 0. The summed E-state index contributed by atoms with van der Waals surface area (Å²) < 4.78 is -1.15. The van der Waals surface area contributed by atoms with Crippen LogP contribution in [0.1, 0.15) is 39.0 Å². The Morgan fingerprint density at radius 2 is 1.91 bits per heavy atom. The van der Waals surface area contributed by atoms with Crippen LogP contribution in [0.15, 0.2) is 0 Å². The monoisotopic (exact) mass is 196 g/mol. The SMILES string of the molecule is CCCCCCC(Cl)(Cl)C=O. The smallest absolute Gasteiger partial charge is 0.172 e. The molecule has 0 aromatic rings. The number of halogens is 2. The Morgan fingerprint density at radius 1 is 1.27 bits per heavy atom. The number of alkyl halides is 2. The lowest BCUT2D eigenvalue weighted by molar-refractivity contribution is -0.108. The molecule has 0 aromatic heterocycles. The van der Waals surface area contributed by atoms with Gasteiger partial charge in [-0.1, -0.05) is 55.8 Å². The maximum absolute atomic E-state index is 10.2. The van der Waals surface area contributed by atoms with Crippen molar-refractivity contribution in [3.8, 4) is 0 Å². The van der Waals surface area contributed by atoms with Crippen molar-refractivity contribution < 1.29 is 4.79 Å². The van der Waals surface area contributed by atoms with Crippen LogP contribution in [0, 0.1) is 0 Å². The summed E-state index contributed by atoms with van der Waals surface area (Å²) in [6.45, 7) is 2.13. The third kappa shape index (κ3) is 6.64. The molecule has 0 saturated heterocycles. The van der Waals surface area contributed by atoms with Crippen LogP contribution >= 0.6 is 23.2 Å². The summed E-state index contributed by atoms with van der Waals surface area (Å²) in [7, 11) is 0. The van der Waals surface area contributed by atoms with E-state index in [1.54, 1.807) is 0 Å². The van der Waals surface area contributed by atoms with Crippen LogP contribution in [0.5, 0.6) is 0 Å². The van der Waals surface area contributed by atoms with Crippen LogP contribution < -0.4 is 0 Å². The second kappa shape index (κ2) is 5.84. The number of carbonyl (C=O) groups excluding carboxylic acids is 1. The van der Waals surface area contributed by atoms with Gasteiger partial charge in [0.1, 0.15) is 0 Å². The molecule has 0 aromatic carbocycles. The van der Waals surface area contributed by atoms with Crippen LogP contribution in [0.2, 0.25) is 0 Å². The van der Waals surface area contributed by atoms with Gasteiger partial charge in [0, 0.05) is 0 Å². The number of carbonyl (C=O) groups is 1. The lowest BCUT2D eigenvalue weighted by Crippen LogP contribution is -2.13. The van der Waals surface area contributed by atoms with E-state index in [-0.39, 0.29) is 0 Å². The molecule has 0 bridgehead atoms. The molecule has 0 aliphatic carbocycles. The first-order chi connectivity index (χ1) is 5.12. The van der Waals surface area contributed by atoms with Gasteiger partial charge in [0.05, 0.1) is 0 Å². The average Bonchev–Trinajstić information content (AvgIpc) is 1.99. The van der Waals surface area contributed by atoms with E-state index in [0.29, 0.717) is 12.7 Å². The summed E-state index contributed by atoms with van der Waals surface area (Å²) >= 11 is 11.2. The minimum absolute atomic E-state index is 0.569. The highest BCUT2D eigenvalue weighted by molar-refractivity contribution is 6.55. The van der Waals surface area contributed by atoms with Crippen molar-refractivity contribution in [3.63, 3.8) is 0 Å². The normalized spacial score (nSPS) is 11.5. The average molecular weight is 197 g/mol. The molecule has 0 atom stereocenters. The second-order valence-electron chi connectivity index (χ2n) is 2.69. The van der Waals surface area contributed by atoms with Gasteiger partial charge in [-0.25, -0.2) is 0 Å². The zero-order valence-corrected chi connectivity index (χ0v) is 8.29. The Kier molecular flexibility index (Phi) is 5.98.